The van der Waals surface area contributed by atoms with Crippen LogP contribution < -0.4 is 0 Å². The van der Waals surface area contributed by atoms with Gasteiger partial charge < -0.3 is 4.74 Å². The molecule has 6 heteroatoms. The highest BCUT2D eigenvalue weighted by Gasteiger charge is 2.14. The lowest BCUT2D eigenvalue weighted by Gasteiger charge is -2.06. The first-order valence-corrected chi connectivity index (χ1v) is 8.60. The lowest BCUT2D eigenvalue weighted by atomic mass is 10.0. The van der Waals surface area contributed by atoms with Crippen molar-refractivity contribution < 1.29 is 19.2 Å². The van der Waals surface area contributed by atoms with Crippen LogP contribution in [-0.2, 0) is 16.0 Å². The normalized spacial score (nSPS) is 10.3. The zero-order valence-corrected chi connectivity index (χ0v) is 14.9. The molecule has 0 spiro atoms. The number of nitrogens with zero attached hydrogens (tertiary/aromatic N) is 1. The van der Waals surface area contributed by atoms with Gasteiger partial charge in [0.05, 0.1) is 11.3 Å². The fourth-order valence-corrected chi connectivity index (χ4v) is 2.69. The minimum atomic E-state index is -0.581. The number of hydrogen-bond acceptors (Lipinski definition) is 5. The van der Waals surface area contributed by atoms with Gasteiger partial charge in [-0.15, -0.1) is 0 Å². The molecule has 0 heterocycles. The van der Waals surface area contributed by atoms with Gasteiger partial charge in [0.2, 0.25) is 5.78 Å². The summed E-state index contributed by atoms with van der Waals surface area (Å²) in [5.41, 5.74) is 2.84. The Balaban J connectivity index is 1.55. The lowest BCUT2D eigenvalue weighted by Crippen LogP contribution is -2.15. The van der Waals surface area contributed by atoms with E-state index in [1.807, 2.05) is 54.6 Å². The summed E-state index contributed by atoms with van der Waals surface area (Å²) in [6.45, 7) is -0.456. The van der Waals surface area contributed by atoms with Gasteiger partial charge in [-0.05, 0) is 16.7 Å². The van der Waals surface area contributed by atoms with Gasteiger partial charge >= 0.3 is 5.97 Å². The molecule has 0 aliphatic heterocycles. The molecule has 0 N–H and O–H groups in total. The van der Waals surface area contributed by atoms with Crippen molar-refractivity contribution in [2.75, 3.05) is 6.61 Å². The highest BCUT2D eigenvalue weighted by atomic mass is 16.6. The van der Waals surface area contributed by atoms with E-state index >= 15 is 0 Å². The monoisotopic (exact) mass is 375 g/mol. The summed E-state index contributed by atoms with van der Waals surface area (Å²) in [6, 6.07) is 22.7. The van der Waals surface area contributed by atoms with E-state index in [9.17, 15) is 19.7 Å². The molecule has 0 amide bonds. The first-order chi connectivity index (χ1) is 13.5. The van der Waals surface area contributed by atoms with Crippen LogP contribution in [0.1, 0.15) is 15.9 Å². The third-order valence-electron chi connectivity index (χ3n) is 4.15. The Kier molecular flexibility index (Phi) is 5.91. The van der Waals surface area contributed by atoms with E-state index in [2.05, 4.69) is 0 Å². The molecule has 0 aromatic heterocycles. The molecule has 28 heavy (non-hydrogen) atoms. The average Bonchev–Trinajstić information content (AvgIpc) is 2.73. The average molecular weight is 375 g/mol. The van der Waals surface area contributed by atoms with Crippen molar-refractivity contribution in [1.29, 1.82) is 0 Å². The van der Waals surface area contributed by atoms with Crippen LogP contribution >= 0.6 is 0 Å². The maximum Gasteiger partial charge on any atom is 0.310 e. The second-order valence-corrected chi connectivity index (χ2v) is 6.13. The summed E-state index contributed by atoms with van der Waals surface area (Å²) >= 11 is 0. The van der Waals surface area contributed by atoms with Crippen molar-refractivity contribution in [1.82, 2.24) is 0 Å². The molecule has 0 bridgehead atoms. The highest BCUT2D eigenvalue weighted by Crippen LogP contribution is 2.19. The number of carbonyl (C=O) groups is 2. The maximum absolute atomic E-state index is 12.1. The number of benzene rings is 3. The van der Waals surface area contributed by atoms with Crippen molar-refractivity contribution in [2.24, 2.45) is 0 Å². The zero-order valence-electron chi connectivity index (χ0n) is 14.9. The third-order valence-corrected chi connectivity index (χ3v) is 4.15. The molecule has 0 atom stereocenters. The SMILES string of the molecule is O=C(Cc1ccc(-c2ccccc2)cc1)OCC(=O)c1cccc([N+](=O)[O-])c1. The van der Waals surface area contributed by atoms with E-state index in [0.29, 0.717) is 0 Å². The van der Waals surface area contributed by atoms with E-state index in [1.54, 1.807) is 0 Å². The minimum Gasteiger partial charge on any atom is -0.457 e. The number of carbonyl (C=O) groups excluding carboxylic acids is 2. The summed E-state index contributed by atoms with van der Waals surface area (Å²) in [7, 11) is 0. The molecule has 0 saturated heterocycles. The van der Waals surface area contributed by atoms with Crippen LogP contribution in [0.2, 0.25) is 0 Å². The van der Waals surface area contributed by atoms with Crippen LogP contribution in [0.15, 0.2) is 78.9 Å². The van der Waals surface area contributed by atoms with Crippen LogP contribution in [0.25, 0.3) is 11.1 Å². The number of hydrogen-bond donors (Lipinski definition) is 0. The molecule has 0 unspecified atom stereocenters. The number of nitro benzene ring substituents is 1. The fourth-order valence-electron chi connectivity index (χ4n) is 2.69. The van der Waals surface area contributed by atoms with E-state index in [1.165, 1.54) is 24.3 Å². The first-order valence-electron chi connectivity index (χ1n) is 8.60. The number of ether oxygens (including phenoxy) is 1. The third kappa shape index (κ3) is 4.88. The highest BCUT2D eigenvalue weighted by molar-refractivity contribution is 5.98. The first kappa shape index (κ1) is 19.0. The second kappa shape index (κ2) is 8.73. The standard InChI is InChI=1S/C22H17NO5/c24-21(19-7-4-8-20(14-19)23(26)27)15-28-22(25)13-16-9-11-18(12-10-16)17-5-2-1-3-6-17/h1-12,14H,13,15H2. The predicted octanol–water partition coefficient (Wildman–Crippen LogP) is 4.23. The molecule has 140 valence electrons. The molecule has 6 nitrogen and oxygen atoms in total. The molecule has 0 aliphatic rings. The van der Waals surface area contributed by atoms with Crippen LogP contribution in [0.3, 0.4) is 0 Å². The Morgan fingerprint density at radius 3 is 2.21 bits per heavy atom. The van der Waals surface area contributed by atoms with Gasteiger partial charge in [0, 0.05) is 17.7 Å². The smallest absolute Gasteiger partial charge is 0.310 e. The Labute approximate surface area is 161 Å². The summed E-state index contributed by atoms with van der Waals surface area (Å²) in [5.74, 6) is -1.03. The number of non-ortho nitro benzene ring substituents is 1. The van der Waals surface area contributed by atoms with Crippen molar-refractivity contribution in [3.05, 3.63) is 100 Å². The van der Waals surface area contributed by atoms with Gasteiger partial charge in [-0.3, -0.25) is 19.7 Å². The van der Waals surface area contributed by atoms with Gasteiger partial charge in [-0.25, -0.2) is 0 Å². The van der Waals surface area contributed by atoms with Crippen molar-refractivity contribution in [3.63, 3.8) is 0 Å². The van der Waals surface area contributed by atoms with Crippen LogP contribution in [0, 0.1) is 10.1 Å². The number of esters is 1. The predicted molar refractivity (Wildman–Crippen MR) is 104 cm³/mol. The maximum atomic E-state index is 12.1. The number of nitro groups is 1. The molecular formula is C22H17NO5. The largest absolute Gasteiger partial charge is 0.457 e. The Morgan fingerprint density at radius 2 is 1.54 bits per heavy atom. The van der Waals surface area contributed by atoms with Gasteiger partial charge in [0.25, 0.3) is 5.69 Å². The Hall–Kier alpha value is -3.80. The van der Waals surface area contributed by atoms with E-state index < -0.39 is 23.3 Å². The summed E-state index contributed by atoms with van der Waals surface area (Å²) in [6.07, 6.45) is 0.0390. The van der Waals surface area contributed by atoms with Crippen molar-refractivity contribution in [3.8, 4) is 11.1 Å². The molecule has 3 rings (SSSR count). The molecule has 0 aliphatic carbocycles. The number of Topliss-reactive ketones (excluding diaryl/α,β-unsaturated/α-hetero) is 1. The number of rotatable bonds is 7. The number of ketones is 1. The molecule has 0 saturated carbocycles. The van der Waals surface area contributed by atoms with E-state index in [-0.39, 0.29) is 17.7 Å². The van der Waals surface area contributed by atoms with Crippen LogP contribution in [-0.4, -0.2) is 23.3 Å². The fraction of sp³-hybridized carbons (Fsp3) is 0.0909. The van der Waals surface area contributed by atoms with Crippen LogP contribution in [0.5, 0.6) is 0 Å². The van der Waals surface area contributed by atoms with Gasteiger partial charge in [-0.1, -0.05) is 66.7 Å². The quantitative estimate of drug-likeness (QED) is 0.267. The summed E-state index contributed by atoms with van der Waals surface area (Å²) < 4.78 is 5.02. The molecule has 3 aromatic carbocycles. The van der Waals surface area contributed by atoms with Gasteiger partial charge in [0.15, 0.2) is 6.61 Å². The van der Waals surface area contributed by atoms with Gasteiger partial charge in [0.1, 0.15) is 0 Å². The Morgan fingerprint density at radius 1 is 0.857 bits per heavy atom. The summed E-state index contributed by atoms with van der Waals surface area (Å²) in [4.78, 5) is 34.3. The van der Waals surface area contributed by atoms with E-state index in [0.717, 1.165) is 16.7 Å². The second-order valence-electron chi connectivity index (χ2n) is 6.13. The lowest BCUT2D eigenvalue weighted by molar-refractivity contribution is -0.384. The molecule has 0 fully saturated rings. The van der Waals surface area contributed by atoms with E-state index in [4.69, 9.17) is 4.74 Å². The topological polar surface area (TPSA) is 86.5 Å². The molecule has 3 aromatic rings. The van der Waals surface area contributed by atoms with Gasteiger partial charge in [-0.2, -0.15) is 0 Å². The molecular weight excluding hydrogens is 358 g/mol. The summed E-state index contributed by atoms with van der Waals surface area (Å²) in [5, 5.41) is 10.8. The van der Waals surface area contributed by atoms with Crippen LogP contribution in [0.4, 0.5) is 5.69 Å². The van der Waals surface area contributed by atoms with Crippen molar-refractivity contribution in [2.45, 2.75) is 6.42 Å². The molecule has 0 radical (unpaired) electrons. The minimum absolute atomic E-state index is 0.0390. The van der Waals surface area contributed by atoms with Crippen molar-refractivity contribution >= 4 is 17.4 Å². The zero-order chi connectivity index (χ0) is 19.9. The Bertz CT molecular complexity index is 997.